The molecule has 0 bridgehead atoms. The number of hydrogen-bond acceptors (Lipinski definition) is 2. The Morgan fingerprint density at radius 2 is 2.17 bits per heavy atom. The molecule has 0 heterocycles. The largest absolute Gasteiger partial charge is 0.522 e. The Morgan fingerprint density at radius 1 is 1.58 bits per heavy atom. The standard InChI is InChI=1S/C7H12F3NO/c1-3-6(2)11-4-5-12-7(8,9)10/h3,6,11H,1,4-5H2,2H3. The summed E-state index contributed by atoms with van der Waals surface area (Å²) in [5, 5.41) is 2.76. The Bertz CT molecular complexity index is 135. The SMILES string of the molecule is C=CC(C)NCCOC(F)(F)F. The number of halogens is 3. The molecule has 0 aliphatic rings. The minimum atomic E-state index is -4.53. The molecular weight excluding hydrogens is 171 g/mol. The van der Waals surface area contributed by atoms with Crippen LogP contribution in [0.15, 0.2) is 12.7 Å². The quantitative estimate of drug-likeness (QED) is 0.517. The predicted octanol–water partition coefficient (Wildman–Crippen LogP) is 1.69. The van der Waals surface area contributed by atoms with Gasteiger partial charge in [-0.1, -0.05) is 6.08 Å². The minimum Gasteiger partial charge on any atom is -0.309 e. The number of alkyl halides is 3. The normalized spacial score (nSPS) is 14.3. The second-order valence-corrected chi connectivity index (χ2v) is 2.27. The van der Waals surface area contributed by atoms with Crippen molar-refractivity contribution in [2.45, 2.75) is 19.3 Å². The van der Waals surface area contributed by atoms with E-state index in [0.717, 1.165) is 0 Å². The first kappa shape index (κ1) is 11.4. The summed E-state index contributed by atoms with van der Waals surface area (Å²) >= 11 is 0. The van der Waals surface area contributed by atoms with Gasteiger partial charge in [0.15, 0.2) is 0 Å². The number of hydrogen-bond donors (Lipinski definition) is 1. The molecule has 72 valence electrons. The van der Waals surface area contributed by atoms with Gasteiger partial charge in [0.25, 0.3) is 0 Å². The van der Waals surface area contributed by atoms with Crippen molar-refractivity contribution >= 4 is 0 Å². The fourth-order valence-electron chi connectivity index (χ4n) is 0.537. The third-order valence-corrected chi connectivity index (χ3v) is 1.19. The van der Waals surface area contributed by atoms with E-state index in [-0.39, 0.29) is 19.2 Å². The highest BCUT2D eigenvalue weighted by atomic mass is 19.4. The Kier molecular flexibility index (Phi) is 4.92. The van der Waals surface area contributed by atoms with Gasteiger partial charge < -0.3 is 5.32 Å². The first-order valence-corrected chi connectivity index (χ1v) is 3.52. The van der Waals surface area contributed by atoms with E-state index in [0.29, 0.717) is 0 Å². The molecule has 2 nitrogen and oxygen atoms in total. The van der Waals surface area contributed by atoms with E-state index in [1.807, 2.05) is 0 Å². The maximum absolute atomic E-state index is 11.4. The maximum Gasteiger partial charge on any atom is 0.522 e. The van der Waals surface area contributed by atoms with E-state index in [9.17, 15) is 13.2 Å². The van der Waals surface area contributed by atoms with Crippen LogP contribution in [-0.2, 0) is 4.74 Å². The molecule has 0 saturated carbocycles. The van der Waals surface area contributed by atoms with Crippen LogP contribution in [0.25, 0.3) is 0 Å². The van der Waals surface area contributed by atoms with E-state index < -0.39 is 6.36 Å². The number of nitrogens with one attached hydrogen (secondary N) is 1. The van der Waals surface area contributed by atoms with Crippen molar-refractivity contribution in [3.05, 3.63) is 12.7 Å². The lowest BCUT2D eigenvalue weighted by Crippen LogP contribution is -2.29. The molecule has 0 aromatic rings. The highest BCUT2D eigenvalue weighted by molar-refractivity contribution is 4.80. The summed E-state index contributed by atoms with van der Waals surface area (Å²) in [7, 11) is 0. The Hall–Kier alpha value is -0.550. The van der Waals surface area contributed by atoms with Crippen LogP contribution < -0.4 is 5.32 Å². The van der Waals surface area contributed by atoms with Gasteiger partial charge in [0.2, 0.25) is 0 Å². The molecule has 1 atom stereocenters. The lowest BCUT2D eigenvalue weighted by Gasteiger charge is -2.10. The van der Waals surface area contributed by atoms with Gasteiger partial charge in [0, 0.05) is 12.6 Å². The van der Waals surface area contributed by atoms with E-state index >= 15 is 0 Å². The van der Waals surface area contributed by atoms with Crippen LogP contribution in [0.2, 0.25) is 0 Å². The third kappa shape index (κ3) is 7.56. The van der Waals surface area contributed by atoms with Crippen molar-refractivity contribution in [1.82, 2.24) is 5.32 Å². The molecule has 0 aromatic carbocycles. The van der Waals surface area contributed by atoms with Crippen LogP contribution in [0.3, 0.4) is 0 Å². The van der Waals surface area contributed by atoms with Crippen LogP contribution >= 0.6 is 0 Å². The summed E-state index contributed by atoms with van der Waals surface area (Å²) in [6.07, 6.45) is -2.92. The third-order valence-electron chi connectivity index (χ3n) is 1.19. The second kappa shape index (κ2) is 5.16. The molecule has 0 spiro atoms. The summed E-state index contributed by atoms with van der Waals surface area (Å²) in [5.41, 5.74) is 0. The van der Waals surface area contributed by atoms with Crippen LogP contribution in [-0.4, -0.2) is 25.6 Å². The zero-order chi connectivity index (χ0) is 9.61. The molecule has 5 heteroatoms. The van der Waals surface area contributed by atoms with Gasteiger partial charge in [-0.05, 0) is 6.92 Å². The highest BCUT2D eigenvalue weighted by Crippen LogP contribution is 2.15. The molecule has 0 aliphatic carbocycles. The smallest absolute Gasteiger partial charge is 0.309 e. The average Bonchev–Trinajstić information content (AvgIpc) is 1.96. The van der Waals surface area contributed by atoms with Gasteiger partial charge in [-0.2, -0.15) is 0 Å². The Balaban J connectivity index is 3.27. The molecule has 0 radical (unpaired) electrons. The second-order valence-electron chi connectivity index (χ2n) is 2.27. The van der Waals surface area contributed by atoms with Crippen molar-refractivity contribution in [2.24, 2.45) is 0 Å². The molecule has 0 amide bonds. The number of ether oxygens (including phenoxy) is 1. The lowest BCUT2D eigenvalue weighted by molar-refractivity contribution is -0.323. The fourth-order valence-corrected chi connectivity index (χ4v) is 0.537. The molecular formula is C7H12F3NO. The van der Waals surface area contributed by atoms with E-state index in [4.69, 9.17) is 0 Å². The van der Waals surface area contributed by atoms with Crippen LogP contribution in [0.4, 0.5) is 13.2 Å². The maximum atomic E-state index is 11.4. The molecule has 0 aromatic heterocycles. The molecule has 1 unspecified atom stereocenters. The van der Waals surface area contributed by atoms with Crippen LogP contribution in [0.1, 0.15) is 6.92 Å². The molecule has 0 rings (SSSR count). The predicted molar refractivity (Wildman–Crippen MR) is 39.7 cm³/mol. The Morgan fingerprint density at radius 3 is 2.58 bits per heavy atom. The fraction of sp³-hybridized carbons (Fsp3) is 0.714. The van der Waals surface area contributed by atoms with Crippen LogP contribution in [0, 0.1) is 0 Å². The monoisotopic (exact) mass is 183 g/mol. The van der Waals surface area contributed by atoms with Gasteiger partial charge in [0.05, 0.1) is 6.61 Å². The summed E-state index contributed by atoms with van der Waals surface area (Å²) < 4.78 is 37.7. The molecule has 12 heavy (non-hydrogen) atoms. The summed E-state index contributed by atoms with van der Waals surface area (Å²) in [6, 6.07) is 0.00170. The molecule has 0 aliphatic heterocycles. The van der Waals surface area contributed by atoms with Crippen molar-refractivity contribution in [3.8, 4) is 0 Å². The molecule has 0 fully saturated rings. The van der Waals surface area contributed by atoms with E-state index in [1.165, 1.54) is 0 Å². The van der Waals surface area contributed by atoms with Crippen molar-refractivity contribution < 1.29 is 17.9 Å². The molecule has 0 saturated heterocycles. The zero-order valence-electron chi connectivity index (χ0n) is 6.82. The van der Waals surface area contributed by atoms with Gasteiger partial charge in [-0.3, -0.25) is 4.74 Å². The lowest BCUT2D eigenvalue weighted by atomic mass is 10.3. The van der Waals surface area contributed by atoms with E-state index in [1.54, 1.807) is 13.0 Å². The topological polar surface area (TPSA) is 21.3 Å². The summed E-state index contributed by atoms with van der Waals surface area (Å²) in [6.45, 7) is 5.04. The first-order chi connectivity index (χ1) is 5.45. The first-order valence-electron chi connectivity index (χ1n) is 3.52. The van der Waals surface area contributed by atoms with E-state index in [2.05, 4.69) is 16.6 Å². The van der Waals surface area contributed by atoms with Gasteiger partial charge in [0.1, 0.15) is 0 Å². The van der Waals surface area contributed by atoms with Crippen molar-refractivity contribution in [2.75, 3.05) is 13.2 Å². The summed E-state index contributed by atoms with van der Waals surface area (Å²) in [5.74, 6) is 0. The number of rotatable bonds is 5. The average molecular weight is 183 g/mol. The summed E-state index contributed by atoms with van der Waals surface area (Å²) in [4.78, 5) is 0. The van der Waals surface area contributed by atoms with Gasteiger partial charge in [-0.15, -0.1) is 19.8 Å². The van der Waals surface area contributed by atoms with Crippen LogP contribution in [0.5, 0.6) is 0 Å². The van der Waals surface area contributed by atoms with Gasteiger partial charge >= 0.3 is 6.36 Å². The highest BCUT2D eigenvalue weighted by Gasteiger charge is 2.28. The minimum absolute atomic E-state index is 0.00170. The van der Waals surface area contributed by atoms with Crippen molar-refractivity contribution in [3.63, 3.8) is 0 Å². The van der Waals surface area contributed by atoms with Gasteiger partial charge in [-0.25, -0.2) is 0 Å². The van der Waals surface area contributed by atoms with Crippen molar-refractivity contribution in [1.29, 1.82) is 0 Å². The Labute approximate surface area is 69.4 Å². The molecule has 1 N–H and O–H groups in total. The zero-order valence-corrected chi connectivity index (χ0v) is 6.82.